The molecule has 124 valence electrons. The first-order valence-corrected chi connectivity index (χ1v) is 7.21. The van der Waals surface area contributed by atoms with Crippen LogP contribution < -0.4 is 0 Å². The number of alkyl halides is 3. The third-order valence-electron chi connectivity index (χ3n) is 3.72. The van der Waals surface area contributed by atoms with Gasteiger partial charge in [0.1, 0.15) is 0 Å². The zero-order chi connectivity index (χ0) is 16.3. The van der Waals surface area contributed by atoms with Gasteiger partial charge in [0.2, 0.25) is 11.8 Å². The zero-order valence-corrected chi connectivity index (χ0v) is 12.6. The van der Waals surface area contributed by atoms with E-state index in [0.29, 0.717) is 19.5 Å². The minimum Gasteiger partial charge on any atom is -0.343 e. The van der Waals surface area contributed by atoms with Gasteiger partial charge >= 0.3 is 6.18 Å². The average Bonchev–Trinajstić information content (AvgIpc) is 2.91. The van der Waals surface area contributed by atoms with E-state index < -0.39 is 12.0 Å². The van der Waals surface area contributed by atoms with Gasteiger partial charge in [-0.15, -0.1) is 0 Å². The van der Waals surface area contributed by atoms with Gasteiger partial charge in [0.15, 0.2) is 0 Å². The summed E-state index contributed by atoms with van der Waals surface area (Å²) in [7, 11) is 1.73. The van der Waals surface area contributed by atoms with Gasteiger partial charge in [0.05, 0.1) is 12.6 Å². The van der Waals surface area contributed by atoms with Crippen molar-refractivity contribution in [3.05, 3.63) is 11.7 Å². The van der Waals surface area contributed by atoms with Gasteiger partial charge in [-0.05, 0) is 6.42 Å². The Morgan fingerprint density at radius 3 is 2.68 bits per heavy atom. The van der Waals surface area contributed by atoms with Crippen LogP contribution in [-0.2, 0) is 17.5 Å². The summed E-state index contributed by atoms with van der Waals surface area (Å²) in [6, 6.07) is -0.347. The highest BCUT2D eigenvalue weighted by Gasteiger charge is 2.38. The number of aromatic nitrogens is 2. The lowest BCUT2D eigenvalue weighted by molar-refractivity contribution is -0.146. The summed E-state index contributed by atoms with van der Waals surface area (Å²) in [5.74, 6) is -1.42. The van der Waals surface area contributed by atoms with Gasteiger partial charge in [-0.1, -0.05) is 24.9 Å². The normalized spacial score (nSPS) is 20.7. The molecule has 0 saturated carbocycles. The quantitative estimate of drug-likeness (QED) is 0.829. The molecule has 0 bridgehead atoms. The van der Waals surface area contributed by atoms with Crippen molar-refractivity contribution in [3.8, 4) is 0 Å². The van der Waals surface area contributed by atoms with Crippen molar-refractivity contribution in [1.29, 1.82) is 0 Å². The van der Waals surface area contributed by atoms with Crippen molar-refractivity contribution in [3.63, 3.8) is 0 Å². The first kappa shape index (κ1) is 16.7. The topological polar surface area (TPSA) is 62.5 Å². The van der Waals surface area contributed by atoms with Crippen LogP contribution in [0.5, 0.6) is 0 Å². The van der Waals surface area contributed by atoms with Crippen molar-refractivity contribution in [2.24, 2.45) is 0 Å². The number of amides is 1. The van der Waals surface area contributed by atoms with Gasteiger partial charge in [-0.3, -0.25) is 9.69 Å². The van der Waals surface area contributed by atoms with E-state index >= 15 is 0 Å². The van der Waals surface area contributed by atoms with Crippen LogP contribution in [0.1, 0.15) is 37.9 Å². The molecule has 1 aliphatic heterocycles. The van der Waals surface area contributed by atoms with Crippen LogP contribution in [0, 0.1) is 0 Å². The molecule has 22 heavy (non-hydrogen) atoms. The molecule has 0 aromatic carbocycles. The average molecular weight is 320 g/mol. The molecule has 1 amide bonds. The number of halogens is 3. The second-order valence-corrected chi connectivity index (χ2v) is 5.40. The van der Waals surface area contributed by atoms with Crippen molar-refractivity contribution in [2.45, 2.75) is 44.9 Å². The van der Waals surface area contributed by atoms with E-state index in [2.05, 4.69) is 14.7 Å². The molecule has 0 N–H and O–H groups in total. The number of nitrogens with zero attached hydrogens (tertiary/aromatic N) is 4. The highest BCUT2D eigenvalue weighted by Crippen LogP contribution is 2.27. The molecule has 1 fully saturated rings. The summed E-state index contributed by atoms with van der Waals surface area (Å²) >= 11 is 0. The highest BCUT2D eigenvalue weighted by molar-refractivity contribution is 5.82. The monoisotopic (exact) mass is 320 g/mol. The van der Waals surface area contributed by atoms with Crippen molar-refractivity contribution in [1.82, 2.24) is 19.9 Å². The fourth-order valence-corrected chi connectivity index (χ4v) is 2.46. The molecule has 0 aliphatic carbocycles. The second-order valence-electron chi connectivity index (χ2n) is 5.40. The highest BCUT2D eigenvalue weighted by atomic mass is 19.4. The third-order valence-corrected chi connectivity index (χ3v) is 3.72. The number of carbonyl (C=O) groups is 1. The first-order valence-electron chi connectivity index (χ1n) is 7.21. The van der Waals surface area contributed by atoms with E-state index in [1.807, 2.05) is 11.8 Å². The van der Waals surface area contributed by atoms with Gasteiger partial charge in [0.25, 0.3) is 5.82 Å². The lowest BCUT2D eigenvalue weighted by Gasteiger charge is -2.38. The van der Waals surface area contributed by atoms with E-state index in [9.17, 15) is 18.0 Å². The smallest absolute Gasteiger partial charge is 0.343 e. The number of hydrogen-bond acceptors (Lipinski definition) is 5. The van der Waals surface area contributed by atoms with Gasteiger partial charge in [-0.25, -0.2) is 0 Å². The molecule has 6 nitrogen and oxygen atoms in total. The van der Waals surface area contributed by atoms with E-state index in [4.69, 9.17) is 0 Å². The molecule has 2 rings (SSSR count). The maximum atomic E-state index is 12.5. The summed E-state index contributed by atoms with van der Waals surface area (Å²) in [5, 5.41) is 2.94. The molecule has 2 heterocycles. The number of piperazine rings is 1. The number of rotatable bonds is 5. The Balaban J connectivity index is 2.08. The van der Waals surface area contributed by atoms with Crippen LogP contribution in [-0.4, -0.2) is 52.0 Å². The molecule has 0 spiro atoms. The third kappa shape index (κ3) is 3.76. The predicted molar refractivity (Wildman–Crippen MR) is 70.7 cm³/mol. The number of unbranched alkanes of at least 4 members (excludes halogenated alkanes) is 1. The lowest BCUT2D eigenvalue weighted by atomic mass is 10.0. The van der Waals surface area contributed by atoms with Crippen LogP contribution in [0.4, 0.5) is 13.2 Å². The molecule has 1 atom stereocenters. The standard InChI is InChI=1S/C13H19F3N4O2/c1-3-4-5-9-11(21)19(2)6-7-20(9)8-10-17-12(18-22-10)13(14,15)16/h9H,3-8H2,1-2H3. The fourth-order valence-electron chi connectivity index (χ4n) is 2.46. The first-order chi connectivity index (χ1) is 10.3. The molecule has 9 heteroatoms. The molecule has 1 saturated heterocycles. The number of carbonyl (C=O) groups excluding carboxylic acids is 1. The maximum absolute atomic E-state index is 12.5. The maximum Gasteiger partial charge on any atom is 0.455 e. The van der Waals surface area contributed by atoms with Gasteiger partial charge in [0, 0.05) is 20.1 Å². The SMILES string of the molecule is CCCCC1C(=O)N(C)CCN1Cc1nc(C(F)(F)F)no1. The Hall–Kier alpha value is -1.64. The Labute approximate surface area is 126 Å². The summed E-state index contributed by atoms with van der Waals surface area (Å²) in [5.41, 5.74) is 0. The molecule has 1 aliphatic rings. The lowest BCUT2D eigenvalue weighted by Crippen LogP contribution is -2.55. The summed E-state index contributed by atoms with van der Waals surface area (Å²) in [6.45, 7) is 3.17. The van der Waals surface area contributed by atoms with Crippen LogP contribution in [0.25, 0.3) is 0 Å². The summed E-state index contributed by atoms with van der Waals surface area (Å²) < 4.78 is 42.1. The van der Waals surface area contributed by atoms with Crippen molar-refractivity contribution < 1.29 is 22.5 Å². The molecular formula is C13H19F3N4O2. The molecular weight excluding hydrogens is 301 g/mol. The van der Waals surface area contributed by atoms with Crippen molar-refractivity contribution >= 4 is 5.91 Å². The van der Waals surface area contributed by atoms with Crippen LogP contribution in [0.2, 0.25) is 0 Å². The predicted octanol–water partition coefficient (Wildman–Crippen LogP) is 1.92. The number of likely N-dealkylation sites (N-methyl/N-ethyl adjacent to an activating group) is 1. The number of hydrogen-bond donors (Lipinski definition) is 0. The van der Waals surface area contributed by atoms with Crippen LogP contribution >= 0.6 is 0 Å². The van der Waals surface area contributed by atoms with E-state index in [1.54, 1.807) is 11.9 Å². The zero-order valence-electron chi connectivity index (χ0n) is 12.6. The van der Waals surface area contributed by atoms with E-state index in [0.717, 1.165) is 12.8 Å². The van der Waals surface area contributed by atoms with Crippen LogP contribution in [0.3, 0.4) is 0 Å². The van der Waals surface area contributed by atoms with Crippen molar-refractivity contribution in [2.75, 3.05) is 20.1 Å². The minimum atomic E-state index is -4.62. The Morgan fingerprint density at radius 2 is 2.09 bits per heavy atom. The van der Waals surface area contributed by atoms with Crippen LogP contribution in [0.15, 0.2) is 4.52 Å². The largest absolute Gasteiger partial charge is 0.455 e. The molecule has 0 radical (unpaired) electrons. The van der Waals surface area contributed by atoms with Gasteiger partial charge in [-0.2, -0.15) is 18.2 Å². The Bertz CT molecular complexity index is 518. The van der Waals surface area contributed by atoms with Gasteiger partial charge < -0.3 is 9.42 Å². The summed E-state index contributed by atoms with van der Waals surface area (Å²) in [6.07, 6.45) is -2.14. The Morgan fingerprint density at radius 1 is 1.36 bits per heavy atom. The molecule has 1 aromatic heterocycles. The minimum absolute atomic E-state index is 0.0183. The molecule has 1 unspecified atom stereocenters. The fraction of sp³-hybridized carbons (Fsp3) is 0.769. The molecule has 1 aromatic rings. The second kappa shape index (κ2) is 6.64. The van der Waals surface area contributed by atoms with E-state index in [-0.39, 0.29) is 24.4 Å². The summed E-state index contributed by atoms with van der Waals surface area (Å²) in [4.78, 5) is 19.1. The van der Waals surface area contributed by atoms with E-state index in [1.165, 1.54) is 0 Å². The Kier molecular flexibility index (Phi) is 5.05.